The molecule has 1 amide bonds. The fourth-order valence-electron chi connectivity index (χ4n) is 2.90. The Morgan fingerprint density at radius 2 is 2.26 bits per heavy atom. The highest BCUT2D eigenvalue weighted by molar-refractivity contribution is 5.96. The smallest absolute Gasteiger partial charge is 0.232 e. The molecule has 1 saturated heterocycles. The summed E-state index contributed by atoms with van der Waals surface area (Å²) in [6, 6.07) is 8.15. The number of carbonyl (C=O) groups excluding carboxylic acids is 1. The first-order chi connectivity index (χ1) is 9.25. The standard InChI is InChI=1S/C15H20N2O2/c1-11-8-13(10-19-11)15(18)17-7-6-16-9-12-4-2-3-5-14(12)17/h2-5,11,13,16H,6-10H2,1H3. The average molecular weight is 260 g/mol. The largest absolute Gasteiger partial charge is 0.378 e. The molecule has 4 heteroatoms. The van der Waals surface area contributed by atoms with Gasteiger partial charge in [-0.05, 0) is 25.0 Å². The van der Waals surface area contributed by atoms with Crippen LogP contribution in [0.5, 0.6) is 0 Å². The molecule has 0 bridgehead atoms. The minimum absolute atomic E-state index is 0.0150. The van der Waals surface area contributed by atoms with Gasteiger partial charge in [0.1, 0.15) is 0 Å². The van der Waals surface area contributed by atoms with Gasteiger partial charge in [-0.25, -0.2) is 0 Å². The van der Waals surface area contributed by atoms with E-state index in [1.165, 1.54) is 5.56 Å². The number of nitrogens with zero attached hydrogens (tertiary/aromatic N) is 1. The number of carbonyl (C=O) groups is 1. The lowest BCUT2D eigenvalue weighted by Gasteiger charge is -2.25. The number of nitrogens with one attached hydrogen (secondary N) is 1. The van der Waals surface area contributed by atoms with Crippen LogP contribution in [0.1, 0.15) is 18.9 Å². The number of anilines is 1. The second-order valence-corrected chi connectivity index (χ2v) is 5.37. The Kier molecular flexibility index (Phi) is 3.53. The Labute approximate surface area is 113 Å². The lowest BCUT2D eigenvalue weighted by molar-refractivity contribution is -0.122. The van der Waals surface area contributed by atoms with Crippen LogP contribution in [0.3, 0.4) is 0 Å². The normalized spacial score (nSPS) is 26.9. The highest BCUT2D eigenvalue weighted by atomic mass is 16.5. The van der Waals surface area contributed by atoms with E-state index >= 15 is 0 Å². The van der Waals surface area contributed by atoms with E-state index in [0.717, 1.165) is 31.7 Å². The van der Waals surface area contributed by atoms with Gasteiger partial charge in [-0.1, -0.05) is 18.2 Å². The predicted octanol–water partition coefficient (Wildman–Crippen LogP) is 1.55. The summed E-state index contributed by atoms with van der Waals surface area (Å²) in [6.07, 6.45) is 1.04. The van der Waals surface area contributed by atoms with Crippen molar-refractivity contribution >= 4 is 11.6 Å². The molecule has 1 aromatic carbocycles. The lowest BCUT2D eigenvalue weighted by Crippen LogP contribution is -2.39. The Hall–Kier alpha value is -1.39. The molecule has 4 nitrogen and oxygen atoms in total. The molecule has 0 aliphatic carbocycles. The number of rotatable bonds is 1. The Morgan fingerprint density at radius 1 is 1.42 bits per heavy atom. The monoisotopic (exact) mass is 260 g/mol. The van der Waals surface area contributed by atoms with Crippen LogP contribution in [0.2, 0.25) is 0 Å². The predicted molar refractivity (Wildman–Crippen MR) is 74.0 cm³/mol. The first kappa shape index (κ1) is 12.6. The van der Waals surface area contributed by atoms with E-state index in [4.69, 9.17) is 4.74 Å². The molecule has 1 N–H and O–H groups in total. The van der Waals surface area contributed by atoms with Crippen LogP contribution in [0.4, 0.5) is 5.69 Å². The van der Waals surface area contributed by atoms with Crippen LogP contribution < -0.4 is 10.2 Å². The van der Waals surface area contributed by atoms with Crippen LogP contribution in [0.25, 0.3) is 0 Å². The van der Waals surface area contributed by atoms with Crippen molar-refractivity contribution in [1.82, 2.24) is 5.32 Å². The summed E-state index contributed by atoms with van der Waals surface area (Å²) in [4.78, 5) is 14.6. The van der Waals surface area contributed by atoms with Gasteiger partial charge in [-0.2, -0.15) is 0 Å². The van der Waals surface area contributed by atoms with Gasteiger partial charge in [0.25, 0.3) is 0 Å². The number of para-hydroxylation sites is 1. The van der Waals surface area contributed by atoms with E-state index in [2.05, 4.69) is 11.4 Å². The van der Waals surface area contributed by atoms with Crippen LogP contribution in [0.15, 0.2) is 24.3 Å². The maximum atomic E-state index is 12.7. The minimum Gasteiger partial charge on any atom is -0.378 e. The second-order valence-electron chi connectivity index (χ2n) is 5.37. The van der Waals surface area contributed by atoms with Crippen LogP contribution in [-0.4, -0.2) is 31.7 Å². The quantitative estimate of drug-likeness (QED) is 0.833. The van der Waals surface area contributed by atoms with Crippen molar-refractivity contribution in [2.75, 3.05) is 24.6 Å². The topological polar surface area (TPSA) is 41.6 Å². The third-order valence-electron chi connectivity index (χ3n) is 3.92. The van der Waals surface area contributed by atoms with Crippen molar-refractivity contribution < 1.29 is 9.53 Å². The molecular weight excluding hydrogens is 240 g/mol. The van der Waals surface area contributed by atoms with Crippen molar-refractivity contribution in [3.05, 3.63) is 29.8 Å². The summed E-state index contributed by atoms with van der Waals surface area (Å²) in [7, 11) is 0. The van der Waals surface area contributed by atoms with Crippen molar-refractivity contribution in [1.29, 1.82) is 0 Å². The molecule has 2 unspecified atom stereocenters. The third-order valence-corrected chi connectivity index (χ3v) is 3.92. The van der Waals surface area contributed by atoms with E-state index in [0.29, 0.717) is 6.61 Å². The van der Waals surface area contributed by atoms with Gasteiger partial charge in [-0.15, -0.1) is 0 Å². The molecule has 2 aliphatic rings. The zero-order chi connectivity index (χ0) is 13.2. The first-order valence-electron chi connectivity index (χ1n) is 6.97. The Morgan fingerprint density at radius 3 is 3.05 bits per heavy atom. The maximum Gasteiger partial charge on any atom is 0.232 e. The number of ether oxygens (including phenoxy) is 1. The highest BCUT2D eigenvalue weighted by Gasteiger charge is 2.33. The minimum atomic E-state index is 0.0150. The van der Waals surface area contributed by atoms with E-state index in [-0.39, 0.29) is 17.9 Å². The SMILES string of the molecule is CC1CC(C(=O)N2CCNCc3ccccc32)CO1. The van der Waals surface area contributed by atoms with Gasteiger partial charge >= 0.3 is 0 Å². The molecule has 2 aliphatic heterocycles. The molecule has 3 rings (SSSR count). The average Bonchev–Trinajstić information content (AvgIpc) is 2.74. The number of benzene rings is 1. The van der Waals surface area contributed by atoms with Crippen LogP contribution >= 0.6 is 0 Å². The van der Waals surface area contributed by atoms with Gasteiger partial charge < -0.3 is 15.0 Å². The molecular formula is C15H20N2O2. The van der Waals surface area contributed by atoms with Crippen molar-refractivity contribution in [2.45, 2.75) is 26.0 Å². The van der Waals surface area contributed by atoms with E-state index in [1.54, 1.807) is 0 Å². The van der Waals surface area contributed by atoms with Crippen molar-refractivity contribution in [3.63, 3.8) is 0 Å². The molecule has 102 valence electrons. The zero-order valence-electron chi connectivity index (χ0n) is 11.3. The number of fused-ring (bicyclic) bond motifs is 1. The fraction of sp³-hybridized carbons (Fsp3) is 0.533. The number of amides is 1. The Bertz CT molecular complexity index is 475. The van der Waals surface area contributed by atoms with Gasteiger partial charge in [0.15, 0.2) is 0 Å². The molecule has 1 aromatic rings. The number of hydrogen-bond donors (Lipinski definition) is 1. The fourth-order valence-corrected chi connectivity index (χ4v) is 2.90. The molecule has 0 aromatic heterocycles. The van der Waals surface area contributed by atoms with Gasteiger partial charge in [-0.3, -0.25) is 4.79 Å². The van der Waals surface area contributed by atoms with Crippen LogP contribution in [-0.2, 0) is 16.1 Å². The number of hydrogen-bond acceptors (Lipinski definition) is 3. The summed E-state index contributed by atoms with van der Waals surface area (Å²) >= 11 is 0. The summed E-state index contributed by atoms with van der Waals surface area (Å²) < 4.78 is 5.53. The molecule has 2 atom stereocenters. The first-order valence-corrected chi connectivity index (χ1v) is 6.97. The van der Waals surface area contributed by atoms with Crippen molar-refractivity contribution in [2.24, 2.45) is 5.92 Å². The zero-order valence-corrected chi connectivity index (χ0v) is 11.3. The lowest BCUT2D eigenvalue weighted by atomic mass is 10.0. The third kappa shape index (κ3) is 2.51. The summed E-state index contributed by atoms with van der Waals surface area (Å²) in [5.41, 5.74) is 2.25. The molecule has 19 heavy (non-hydrogen) atoms. The van der Waals surface area contributed by atoms with E-state index < -0.39 is 0 Å². The van der Waals surface area contributed by atoms with Crippen molar-refractivity contribution in [3.8, 4) is 0 Å². The summed E-state index contributed by atoms with van der Waals surface area (Å²) in [6.45, 7) is 5.00. The molecule has 0 saturated carbocycles. The van der Waals surface area contributed by atoms with Gasteiger partial charge in [0.2, 0.25) is 5.91 Å². The highest BCUT2D eigenvalue weighted by Crippen LogP contribution is 2.27. The maximum absolute atomic E-state index is 12.7. The van der Waals surface area contributed by atoms with Crippen LogP contribution in [0, 0.1) is 5.92 Å². The molecule has 2 heterocycles. The van der Waals surface area contributed by atoms with E-state index in [9.17, 15) is 4.79 Å². The molecule has 1 fully saturated rings. The molecule has 0 radical (unpaired) electrons. The molecule has 0 spiro atoms. The van der Waals surface area contributed by atoms with E-state index in [1.807, 2.05) is 30.0 Å². The second kappa shape index (κ2) is 5.31. The summed E-state index contributed by atoms with van der Waals surface area (Å²) in [5, 5.41) is 3.36. The Balaban J connectivity index is 1.85. The van der Waals surface area contributed by atoms with Gasteiger partial charge in [0, 0.05) is 25.3 Å². The van der Waals surface area contributed by atoms with Gasteiger partial charge in [0.05, 0.1) is 18.6 Å². The summed E-state index contributed by atoms with van der Waals surface area (Å²) in [5.74, 6) is 0.224.